The Labute approximate surface area is 190 Å². The molecule has 1 fully saturated rings. The first kappa shape index (κ1) is 22.1. The van der Waals surface area contributed by atoms with Gasteiger partial charge in [0.15, 0.2) is 0 Å². The fraction of sp³-hybridized carbons (Fsp3) is 0.385. The summed E-state index contributed by atoms with van der Waals surface area (Å²) < 4.78 is 5.24. The zero-order valence-corrected chi connectivity index (χ0v) is 18.9. The number of carbonyl (C=O) groups is 1. The van der Waals surface area contributed by atoms with E-state index in [-0.39, 0.29) is 5.91 Å². The van der Waals surface area contributed by atoms with Crippen LogP contribution in [0.15, 0.2) is 54.7 Å². The summed E-state index contributed by atoms with van der Waals surface area (Å²) in [6.07, 6.45) is 5.75. The summed E-state index contributed by atoms with van der Waals surface area (Å²) in [7, 11) is 1.65. The van der Waals surface area contributed by atoms with Gasteiger partial charge in [-0.2, -0.15) is 5.10 Å². The predicted molar refractivity (Wildman–Crippen MR) is 128 cm³/mol. The second-order valence-electron chi connectivity index (χ2n) is 8.65. The molecule has 0 spiro atoms. The lowest BCUT2D eigenvalue weighted by atomic mass is 9.93. The number of nitrogens with one attached hydrogen (secondary N) is 2. The van der Waals surface area contributed by atoms with Gasteiger partial charge in [0.25, 0.3) is 0 Å². The van der Waals surface area contributed by atoms with Crippen molar-refractivity contribution in [3.8, 4) is 17.0 Å². The Hall–Kier alpha value is -3.12. The molecule has 1 atom stereocenters. The molecule has 2 heterocycles. The van der Waals surface area contributed by atoms with Gasteiger partial charge in [-0.3, -0.25) is 14.8 Å². The lowest BCUT2D eigenvalue weighted by Crippen LogP contribution is -2.35. The lowest BCUT2D eigenvalue weighted by molar-refractivity contribution is -0.116. The number of likely N-dealkylation sites (tertiary alicyclic amines) is 1. The number of hydrogen-bond donors (Lipinski definition) is 2. The molecule has 6 nitrogen and oxygen atoms in total. The van der Waals surface area contributed by atoms with Gasteiger partial charge in [-0.05, 0) is 68.0 Å². The number of aryl methyl sites for hydroxylation is 1. The molecule has 1 aliphatic heterocycles. The van der Waals surface area contributed by atoms with E-state index in [0.717, 1.165) is 48.7 Å². The molecule has 3 aromatic rings. The average Bonchev–Trinajstić information content (AvgIpc) is 3.28. The molecule has 1 aliphatic rings. The summed E-state index contributed by atoms with van der Waals surface area (Å²) >= 11 is 0. The Balaban J connectivity index is 1.29. The van der Waals surface area contributed by atoms with Gasteiger partial charge in [0.05, 0.1) is 19.0 Å². The van der Waals surface area contributed by atoms with Crippen LogP contribution in [-0.4, -0.2) is 41.2 Å². The van der Waals surface area contributed by atoms with Gasteiger partial charge < -0.3 is 10.1 Å². The van der Waals surface area contributed by atoms with Gasteiger partial charge in [0.1, 0.15) is 5.75 Å². The van der Waals surface area contributed by atoms with Gasteiger partial charge in [0, 0.05) is 30.8 Å². The maximum atomic E-state index is 12.5. The van der Waals surface area contributed by atoms with Crippen molar-refractivity contribution in [1.29, 1.82) is 0 Å². The van der Waals surface area contributed by atoms with Crippen LogP contribution in [0.5, 0.6) is 5.75 Å². The van der Waals surface area contributed by atoms with E-state index in [0.29, 0.717) is 12.3 Å². The SMILES string of the molecule is COc1ccc(NC(=O)CC[C@H]2CCCN(Cc3cn[nH]c3-c3ccccc3)C2)c(C)c1. The number of methoxy groups -OCH3 is 1. The predicted octanol–water partition coefficient (Wildman–Crippen LogP) is 5.02. The number of aromatic amines is 1. The van der Waals surface area contributed by atoms with Crippen molar-refractivity contribution in [3.05, 3.63) is 65.9 Å². The minimum Gasteiger partial charge on any atom is -0.497 e. The topological polar surface area (TPSA) is 70.2 Å². The van der Waals surface area contributed by atoms with Crippen molar-refractivity contribution in [2.45, 2.75) is 39.2 Å². The van der Waals surface area contributed by atoms with Crippen molar-refractivity contribution in [2.75, 3.05) is 25.5 Å². The number of piperidine rings is 1. The van der Waals surface area contributed by atoms with Gasteiger partial charge in [-0.25, -0.2) is 0 Å². The van der Waals surface area contributed by atoms with Crippen LogP contribution in [0, 0.1) is 12.8 Å². The number of rotatable bonds is 8. The molecule has 2 N–H and O–H groups in total. The highest BCUT2D eigenvalue weighted by Crippen LogP contribution is 2.27. The van der Waals surface area contributed by atoms with Crippen LogP contribution in [0.4, 0.5) is 5.69 Å². The highest BCUT2D eigenvalue weighted by atomic mass is 16.5. The number of amides is 1. The van der Waals surface area contributed by atoms with Crippen molar-refractivity contribution >= 4 is 11.6 Å². The number of aromatic nitrogens is 2. The average molecular weight is 433 g/mol. The summed E-state index contributed by atoms with van der Waals surface area (Å²) in [5.74, 6) is 1.42. The van der Waals surface area contributed by atoms with Crippen molar-refractivity contribution in [1.82, 2.24) is 15.1 Å². The molecule has 168 valence electrons. The largest absolute Gasteiger partial charge is 0.497 e. The highest BCUT2D eigenvalue weighted by molar-refractivity contribution is 5.91. The van der Waals surface area contributed by atoms with Crippen LogP contribution in [0.3, 0.4) is 0 Å². The van der Waals surface area contributed by atoms with E-state index >= 15 is 0 Å². The van der Waals surface area contributed by atoms with Crippen LogP contribution in [-0.2, 0) is 11.3 Å². The number of carbonyl (C=O) groups excluding carboxylic acids is 1. The van der Waals surface area contributed by atoms with E-state index in [1.54, 1.807) is 7.11 Å². The van der Waals surface area contributed by atoms with Crippen LogP contribution in [0.1, 0.15) is 36.8 Å². The first-order valence-electron chi connectivity index (χ1n) is 11.4. The fourth-order valence-electron chi connectivity index (χ4n) is 4.51. The number of ether oxygens (including phenoxy) is 1. The zero-order valence-electron chi connectivity index (χ0n) is 18.9. The summed E-state index contributed by atoms with van der Waals surface area (Å²) in [4.78, 5) is 15.0. The molecule has 1 amide bonds. The molecule has 1 saturated heterocycles. The van der Waals surface area contributed by atoms with Crippen LogP contribution in [0.2, 0.25) is 0 Å². The van der Waals surface area contributed by atoms with Gasteiger partial charge >= 0.3 is 0 Å². The third-order valence-electron chi connectivity index (χ3n) is 6.26. The number of H-pyrrole nitrogens is 1. The van der Waals surface area contributed by atoms with E-state index in [2.05, 4.69) is 44.7 Å². The maximum Gasteiger partial charge on any atom is 0.224 e. The summed E-state index contributed by atoms with van der Waals surface area (Å²) in [6.45, 7) is 4.98. The maximum absolute atomic E-state index is 12.5. The first-order valence-corrected chi connectivity index (χ1v) is 11.4. The zero-order chi connectivity index (χ0) is 22.3. The Kier molecular flexibility index (Phi) is 7.22. The van der Waals surface area contributed by atoms with Gasteiger partial charge in [-0.1, -0.05) is 30.3 Å². The molecule has 2 aromatic carbocycles. The third kappa shape index (κ3) is 5.56. The van der Waals surface area contributed by atoms with Crippen molar-refractivity contribution in [2.24, 2.45) is 5.92 Å². The molecule has 0 bridgehead atoms. The molecular weight excluding hydrogens is 400 g/mol. The Bertz CT molecular complexity index is 1030. The standard InChI is InChI=1S/C26H32N4O2/c1-19-15-23(32-2)11-12-24(19)28-25(31)13-10-20-7-6-14-30(17-20)18-22-16-27-29-26(22)21-8-4-3-5-9-21/h3-5,8-9,11-12,15-16,20H,6-7,10,13-14,17-18H2,1-2H3,(H,27,29)(H,28,31)/t20-/m1/s1. The molecule has 0 saturated carbocycles. The van der Waals surface area contributed by atoms with Crippen LogP contribution >= 0.6 is 0 Å². The fourth-order valence-corrected chi connectivity index (χ4v) is 4.51. The Morgan fingerprint density at radius 1 is 1.25 bits per heavy atom. The molecule has 0 unspecified atom stereocenters. The van der Waals surface area contributed by atoms with Crippen LogP contribution < -0.4 is 10.1 Å². The van der Waals surface area contributed by atoms with Gasteiger partial charge in [0.2, 0.25) is 5.91 Å². The molecule has 32 heavy (non-hydrogen) atoms. The number of hydrogen-bond acceptors (Lipinski definition) is 4. The highest BCUT2D eigenvalue weighted by Gasteiger charge is 2.22. The van der Waals surface area contributed by atoms with Gasteiger partial charge in [-0.15, -0.1) is 0 Å². The Morgan fingerprint density at radius 3 is 2.88 bits per heavy atom. The summed E-state index contributed by atoms with van der Waals surface area (Å²) in [6, 6.07) is 16.1. The third-order valence-corrected chi connectivity index (χ3v) is 6.26. The molecular formula is C26H32N4O2. The quantitative estimate of drug-likeness (QED) is 0.524. The number of nitrogens with zero attached hydrogens (tertiary/aromatic N) is 2. The van der Waals surface area contributed by atoms with E-state index in [1.165, 1.54) is 24.0 Å². The minimum atomic E-state index is 0.0802. The van der Waals surface area contributed by atoms with Crippen molar-refractivity contribution in [3.63, 3.8) is 0 Å². The van der Waals surface area contributed by atoms with E-state index < -0.39 is 0 Å². The molecule has 0 aliphatic carbocycles. The summed E-state index contributed by atoms with van der Waals surface area (Å²) in [5.41, 5.74) is 5.36. The molecule has 4 rings (SSSR count). The molecule has 1 aromatic heterocycles. The minimum absolute atomic E-state index is 0.0802. The smallest absolute Gasteiger partial charge is 0.224 e. The normalized spacial score (nSPS) is 16.6. The van der Waals surface area contributed by atoms with E-state index in [4.69, 9.17) is 4.74 Å². The number of anilines is 1. The number of benzene rings is 2. The second-order valence-corrected chi connectivity index (χ2v) is 8.65. The van der Waals surface area contributed by atoms with Crippen LogP contribution in [0.25, 0.3) is 11.3 Å². The van der Waals surface area contributed by atoms with Crippen molar-refractivity contribution < 1.29 is 9.53 Å². The summed E-state index contributed by atoms with van der Waals surface area (Å²) in [5, 5.41) is 10.5. The second kappa shape index (κ2) is 10.5. The monoisotopic (exact) mass is 432 g/mol. The van der Waals surface area contributed by atoms with E-state index in [1.807, 2.05) is 37.4 Å². The molecule has 6 heteroatoms. The first-order chi connectivity index (χ1) is 15.6. The van der Waals surface area contributed by atoms with E-state index in [9.17, 15) is 4.79 Å². The Morgan fingerprint density at radius 2 is 2.09 bits per heavy atom. The lowest BCUT2D eigenvalue weighted by Gasteiger charge is -2.32. The molecule has 0 radical (unpaired) electrons.